The summed E-state index contributed by atoms with van der Waals surface area (Å²) in [4.78, 5) is 12.1. The van der Waals surface area contributed by atoms with Crippen molar-refractivity contribution >= 4 is 33.4 Å². The predicted molar refractivity (Wildman–Crippen MR) is 73.9 cm³/mol. The van der Waals surface area contributed by atoms with Crippen molar-refractivity contribution in [3.8, 4) is 0 Å². The zero-order chi connectivity index (χ0) is 13.2. The van der Waals surface area contributed by atoms with Gasteiger partial charge in [-0.05, 0) is 31.0 Å². The number of nitrogens with one attached hydrogen (secondary N) is 1. The lowest BCUT2D eigenvalue weighted by Crippen LogP contribution is -2.48. The van der Waals surface area contributed by atoms with E-state index in [1.54, 1.807) is 0 Å². The highest BCUT2D eigenvalue weighted by atomic mass is 79.9. The first-order valence-corrected chi connectivity index (χ1v) is 7.40. The van der Waals surface area contributed by atoms with Crippen molar-refractivity contribution in [3.63, 3.8) is 0 Å². The normalized spacial score (nSPS) is 17.7. The molecule has 1 aromatic carbocycles. The van der Waals surface area contributed by atoms with Crippen LogP contribution < -0.4 is 5.32 Å². The number of carbonyl (C=O) groups excluding carboxylic acids is 1. The molecule has 1 amide bonds. The Bertz CT molecular complexity index is 460. The van der Waals surface area contributed by atoms with E-state index in [1.165, 1.54) is 18.2 Å². The largest absolute Gasteiger partial charge is 0.346 e. The molecule has 1 aliphatic rings. The minimum Gasteiger partial charge on any atom is -0.346 e. The molecular weight excluding hydrogens is 321 g/mol. The van der Waals surface area contributed by atoms with E-state index in [0.717, 1.165) is 25.7 Å². The summed E-state index contributed by atoms with van der Waals surface area (Å²) >= 11 is 9.22. The van der Waals surface area contributed by atoms with E-state index < -0.39 is 11.7 Å². The highest BCUT2D eigenvalue weighted by Gasteiger charge is 2.34. The molecule has 1 saturated carbocycles. The van der Waals surface area contributed by atoms with E-state index in [2.05, 4.69) is 21.2 Å². The maximum atomic E-state index is 13.6. The van der Waals surface area contributed by atoms with Crippen LogP contribution >= 0.6 is 27.5 Å². The van der Waals surface area contributed by atoms with Crippen molar-refractivity contribution in [2.45, 2.75) is 31.2 Å². The van der Waals surface area contributed by atoms with E-state index in [9.17, 15) is 9.18 Å². The molecule has 0 aromatic heterocycles. The summed E-state index contributed by atoms with van der Waals surface area (Å²) in [5, 5.41) is 3.99. The molecule has 0 saturated heterocycles. The molecule has 0 aliphatic heterocycles. The summed E-state index contributed by atoms with van der Waals surface area (Å²) in [6.45, 7) is 0. The van der Waals surface area contributed by atoms with E-state index in [1.807, 2.05) is 0 Å². The van der Waals surface area contributed by atoms with Crippen LogP contribution in [0.2, 0.25) is 5.02 Å². The molecule has 1 N–H and O–H groups in total. The summed E-state index contributed by atoms with van der Waals surface area (Å²) in [6.07, 6.45) is 4.02. The van der Waals surface area contributed by atoms with Gasteiger partial charge in [-0.25, -0.2) is 4.39 Å². The Labute approximate surface area is 119 Å². The molecule has 98 valence electrons. The molecule has 1 aliphatic carbocycles. The Hall–Kier alpha value is -0.610. The fraction of sp³-hybridized carbons (Fsp3) is 0.462. The summed E-state index contributed by atoms with van der Waals surface area (Å²) in [6, 6.07) is 4.01. The lowest BCUT2D eigenvalue weighted by atomic mass is 10.00. The van der Waals surface area contributed by atoms with Crippen molar-refractivity contribution in [2.24, 2.45) is 0 Å². The third-order valence-electron chi connectivity index (χ3n) is 3.37. The van der Waals surface area contributed by atoms with Gasteiger partial charge in [0.25, 0.3) is 5.91 Å². The van der Waals surface area contributed by atoms with E-state index in [-0.39, 0.29) is 11.1 Å². The summed E-state index contributed by atoms with van der Waals surface area (Å²) in [5.41, 5.74) is -0.235. The van der Waals surface area contributed by atoms with Gasteiger partial charge in [-0.1, -0.05) is 40.4 Å². The standard InChI is InChI=1S/C13H14BrClFNO/c14-8-13(5-1-2-6-13)17-12(18)10-7-9(15)3-4-11(10)16/h3-4,7H,1-2,5-6,8H2,(H,17,18). The second-order valence-electron chi connectivity index (χ2n) is 4.70. The van der Waals surface area contributed by atoms with Crippen LogP contribution in [-0.2, 0) is 0 Å². The fourth-order valence-electron chi connectivity index (χ4n) is 2.32. The third kappa shape index (κ3) is 2.86. The molecule has 1 aromatic rings. The highest BCUT2D eigenvalue weighted by Crippen LogP contribution is 2.31. The van der Waals surface area contributed by atoms with Crippen LogP contribution in [0.1, 0.15) is 36.0 Å². The van der Waals surface area contributed by atoms with Crippen LogP contribution in [0.5, 0.6) is 0 Å². The Morgan fingerprint density at radius 2 is 2.11 bits per heavy atom. The van der Waals surface area contributed by atoms with Gasteiger partial charge in [0.1, 0.15) is 5.82 Å². The second-order valence-corrected chi connectivity index (χ2v) is 5.70. The Balaban J connectivity index is 2.18. The molecule has 0 radical (unpaired) electrons. The van der Waals surface area contributed by atoms with E-state index in [0.29, 0.717) is 10.4 Å². The number of halogens is 3. The SMILES string of the molecule is O=C(NC1(CBr)CCCC1)c1cc(Cl)ccc1F. The predicted octanol–water partition coefficient (Wildman–Crippen LogP) is 3.92. The topological polar surface area (TPSA) is 29.1 Å². The van der Waals surface area contributed by atoms with Crippen molar-refractivity contribution in [2.75, 3.05) is 5.33 Å². The minimum absolute atomic E-state index is 0.00900. The van der Waals surface area contributed by atoms with Gasteiger partial charge in [0.05, 0.1) is 11.1 Å². The monoisotopic (exact) mass is 333 g/mol. The Morgan fingerprint density at radius 3 is 2.72 bits per heavy atom. The Kier molecular flexibility index (Phi) is 4.28. The van der Waals surface area contributed by atoms with Crippen molar-refractivity contribution in [1.82, 2.24) is 5.32 Å². The first-order chi connectivity index (χ1) is 8.56. The molecule has 18 heavy (non-hydrogen) atoms. The number of alkyl halides is 1. The maximum absolute atomic E-state index is 13.6. The molecule has 5 heteroatoms. The Morgan fingerprint density at radius 1 is 1.44 bits per heavy atom. The van der Waals surface area contributed by atoms with Crippen LogP contribution in [0, 0.1) is 5.82 Å². The van der Waals surface area contributed by atoms with Crippen LogP contribution in [-0.4, -0.2) is 16.8 Å². The molecule has 2 nitrogen and oxygen atoms in total. The summed E-state index contributed by atoms with van der Waals surface area (Å²) in [7, 11) is 0. The maximum Gasteiger partial charge on any atom is 0.254 e. The molecule has 2 rings (SSSR count). The van der Waals surface area contributed by atoms with E-state index >= 15 is 0 Å². The van der Waals surface area contributed by atoms with Crippen molar-refractivity contribution < 1.29 is 9.18 Å². The number of hydrogen-bond donors (Lipinski definition) is 1. The van der Waals surface area contributed by atoms with Crippen LogP contribution in [0.3, 0.4) is 0 Å². The van der Waals surface area contributed by atoms with Gasteiger partial charge in [-0.15, -0.1) is 0 Å². The molecule has 0 unspecified atom stereocenters. The van der Waals surface area contributed by atoms with Gasteiger partial charge >= 0.3 is 0 Å². The molecule has 1 fully saturated rings. The van der Waals surface area contributed by atoms with Gasteiger partial charge < -0.3 is 5.32 Å². The average Bonchev–Trinajstić information content (AvgIpc) is 2.81. The lowest BCUT2D eigenvalue weighted by molar-refractivity contribution is 0.0906. The quantitative estimate of drug-likeness (QED) is 0.834. The first kappa shape index (κ1) is 13.8. The van der Waals surface area contributed by atoms with Crippen LogP contribution in [0.25, 0.3) is 0 Å². The molecule has 0 bridgehead atoms. The van der Waals surface area contributed by atoms with Crippen LogP contribution in [0.4, 0.5) is 4.39 Å². The average molecular weight is 335 g/mol. The van der Waals surface area contributed by atoms with Gasteiger partial charge in [0, 0.05) is 10.4 Å². The lowest BCUT2D eigenvalue weighted by Gasteiger charge is -2.28. The molecule has 0 atom stereocenters. The van der Waals surface area contributed by atoms with E-state index in [4.69, 9.17) is 11.6 Å². The van der Waals surface area contributed by atoms with Gasteiger partial charge in [-0.2, -0.15) is 0 Å². The second kappa shape index (κ2) is 5.57. The summed E-state index contributed by atoms with van der Waals surface area (Å²) < 4.78 is 13.6. The number of amides is 1. The summed E-state index contributed by atoms with van der Waals surface area (Å²) in [5.74, 6) is -0.934. The van der Waals surface area contributed by atoms with Gasteiger partial charge in [0.15, 0.2) is 0 Å². The number of carbonyl (C=O) groups is 1. The fourth-order valence-corrected chi connectivity index (χ4v) is 3.20. The smallest absolute Gasteiger partial charge is 0.254 e. The van der Waals surface area contributed by atoms with Crippen molar-refractivity contribution in [3.05, 3.63) is 34.6 Å². The zero-order valence-corrected chi connectivity index (χ0v) is 12.2. The third-order valence-corrected chi connectivity index (χ3v) is 4.68. The van der Waals surface area contributed by atoms with Gasteiger partial charge in [-0.3, -0.25) is 4.79 Å². The minimum atomic E-state index is -0.542. The van der Waals surface area contributed by atoms with Crippen LogP contribution in [0.15, 0.2) is 18.2 Å². The molecule has 0 spiro atoms. The van der Waals surface area contributed by atoms with Gasteiger partial charge in [0.2, 0.25) is 0 Å². The zero-order valence-electron chi connectivity index (χ0n) is 9.81. The van der Waals surface area contributed by atoms with Crippen molar-refractivity contribution in [1.29, 1.82) is 0 Å². The number of benzene rings is 1. The highest BCUT2D eigenvalue weighted by molar-refractivity contribution is 9.09. The molecule has 0 heterocycles. The number of hydrogen-bond acceptors (Lipinski definition) is 1. The number of rotatable bonds is 3. The first-order valence-electron chi connectivity index (χ1n) is 5.90. The molecular formula is C13H14BrClFNO.